The molecule has 0 aliphatic rings. The van der Waals surface area contributed by atoms with Gasteiger partial charge < -0.3 is 5.73 Å². The van der Waals surface area contributed by atoms with Gasteiger partial charge >= 0.3 is 4.87 Å². The van der Waals surface area contributed by atoms with Crippen LogP contribution in [0, 0.1) is 0 Å². The van der Waals surface area contributed by atoms with Gasteiger partial charge in [0.25, 0.3) is 0 Å². The molecule has 0 spiro atoms. The van der Waals surface area contributed by atoms with Crippen LogP contribution in [-0.2, 0) is 6.54 Å². The lowest BCUT2D eigenvalue weighted by atomic mass is 10.2. The molecule has 2 aromatic heterocycles. The molecular weight excluding hydrogens is 296 g/mol. The number of aromatic nitrogens is 3. The zero-order chi connectivity index (χ0) is 17.1. The number of hydrogen-bond acceptors (Lipinski definition) is 5. The molecule has 0 saturated heterocycles. The summed E-state index contributed by atoms with van der Waals surface area (Å²) in [4.78, 5) is 19.8. The Morgan fingerprint density at radius 1 is 1.32 bits per heavy atom. The van der Waals surface area contributed by atoms with Gasteiger partial charge in [-0.25, -0.2) is 9.97 Å². The number of fused-ring (bicyclic) bond motifs is 1. The topological polar surface area (TPSA) is 73.8 Å². The van der Waals surface area contributed by atoms with Crippen LogP contribution in [0.4, 0.5) is 5.82 Å². The number of thiazole rings is 1. The number of nitrogens with two attached hydrogens (primary N) is 1. The van der Waals surface area contributed by atoms with E-state index in [4.69, 9.17) is 5.73 Å². The first-order valence-electron chi connectivity index (χ1n) is 7.21. The summed E-state index contributed by atoms with van der Waals surface area (Å²) in [6.07, 6.45) is 6.49. The van der Waals surface area contributed by atoms with Crippen molar-refractivity contribution in [2.45, 2.75) is 34.2 Å². The minimum atomic E-state index is -0.117. The minimum Gasteiger partial charge on any atom is -0.382 e. The van der Waals surface area contributed by atoms with E-state index in [2.05, 4.69) is 23.1 Å². The summed E-state index contributed by atoms with van der Waals surface area (Å²) in [7, 11) is 0. The van der Waals surface area contributed by atoms with Gasteiger partial charge in [-0.3, -0.25) is 9.36 Å². The van der Waals surface area contributed by atoms with E-state index < -0.39 is 0 Å². The van der Waals surface area contributed by atoms with E-state index in [1.165, 1.54) is 6.33 Å². The van der Waals surface area contributed by atoms with Crippen LogP contribution in [0.25, 0.3) is 10.3 Å². The maximum atomic E-state index is 11.9. The van der Waals surface area contributed by atoms with Gasteiger partial charge in [-0.15, -0.1) is 0 Å². The van der Waals surface area contributed by atoms with Crippen molar-refractivity contribution >= 4 is 27.5 Å². The number of anilines is 1. The van der Waals surface area contributed by atoms with Crippen LogP contribution in [0.1, 0.15) is 27.7 Å². The van der Waals surface area contributed by atoms with Crippen molar-refractivity contribution in [2.24, 2.45) is 0 Å². The SMILES string of the molecule is C=C/C=C(\C=C)Cn1c(=O)sc2c(N)ncnc21.CC.CC. The van der Waals surface area contributed by atoms with Gasteiger partial charge in [0.1, 0.15) is 16.8 Å². The van der Waals surface area contributed by atoms with Gasteiger partial charge in [-0.05, 0) is 5.57 Å². The molecule has 0 unspecified atom stereocenters. The number of rotatable bonds is 4. The summed E-state index contributed by atoms with van der Waals surface area (Å²) >= 11 is 1.05. The standard InChI is InChI=1S/C12H12N4OS.2C2H6/c1-3-5-8(4-2)6-16-11-9(18-12(16)17)10(13)14-7-15-11;2*1-2/h3-5,7H,1-2,6H2,(H2,13,14,15);2*1-2H3/b8-5+;;. The molecule has 0 atom stereocenters. The van der Waals surface area contributed by atoms with Crippen molar-refractivity contribution in [1.29, 1.82) is 0 Å². The third-order valence-corrected chi connectivity index (χ3v) is 3.40. The van der Waals surface area contributed by atoms with Gasteiger partial charge in [0.15, 0.2) is 5.65 Å². The predicted molar refractivity (Wildman–Crippen MR) is 97.3 cm³/mol. The molecule has 0 aliphatic heterocycles. The Morgan fingerprint density at radius 3 is 2.50 bits per heavy atom. The third kappa shape index (κ3) is 4.66. The highest BCUT2D eigenvalue weighted by Crippen LogP contribution is 2.20. The average molecular weight is 320 g/mol. The Kier molecular flexibility index (Phi) is 9.45. The summed E-state index contributed by atoms with van der Waals surface area (Å²) in [5.74, 6) is 0.328. The normalized spacial score (nSPS) is 10.1. The molecule has 0 bridgehead atoms. The quantitative estimate of drug-likeness (QED) is 0.870. The molecule has 6 heteroatoms. The summed E-state index contributed by atoms with van der Waals surface area (Å²) in [6, 6.07) is 0. The first-order chi connectivity index (χ1) is 10.7. The van der Waals surface area contributed by atoms with Crippen molar-refractivity contribution in [3.63, 3.8) is 0 Å². The largest absolute Gasteiger partial charge is 0.382 e. The maximum Gasteiger partial charge on any atom is 0.309 e. The van der Waals surface area contributed by atoms with E-state index in [1.807, 2.05) is 27.7 Å². The van der Waals surface area contributed by atoms with Gasteiger partial charge in [0.05, 0.1) is 6.54 Å². The summed E-state index contributed by atoms with van der Waals surface area (Å²) in [5, 5.41) is 0. The predicted octanol–water partition coefficient (Wildman–Crippen LogP) is 3.79. The van der Waals surface area contributed by atoms with Crippen LogP contribution in [0.5, 0.6) is 0 Å². The molecule has 5 nitrogen and oxygen atoms in total. The van der Waals surface area contributed by atoms with Crippen molar-refractivity contribution in [2.75, 3.05) is 5.73 Å². The van der Waals surface area contributed by atoms with Crippen molar-refractivity contribution in [3.8, 4) is 0 Å². The van der Waals surface area contributed by atoms with Gasteiger partial charge in [0.2, 0.25) is 0 Å². The van der Waals surface area contributed by atoms with E-state index in [0.29, 0.717) is 22.7 Å². The Hall–Kier alpha value is -2.21. The first kappa shape index (κ1) is 19.8. The number of nitrogen functional groups attached to an aromatic ring is 1. The van der Waals surface area contributed by atoms with Crippen molar-refractivity contribution in [1.82, 2.24) is 14.5 Å². The van der Waals surface area contributed by atoms with Gasteiger partial charge in [-0.1, -0.05) is 70.4 Å². The molecule has 2 rings (SSSR count). The lowest BCUT2D eigenvalue weighted by molar-refractivity contribution is 0.802. The smallest absolute Gasteiger partial charge is 0.309 e. The fourth-order valence-electron chi connectivity index (χ4n) is 1.56. The second kappa shape index (κ2) is 10.5. The number of nitrogens with zero attached hydrogens (tertiary/aromatic N) is 3. The molecule has 0 aliphatic carbocycles. The Morgan fingerprint density at radius 2 is 1.95 bits per heavy atom. The van der Waals surface area contributed by atoms with E-state index in [1.54, 1.807) is 22.8 Å². The molecule has 0 aromatic carbocycles. The highest BCUT2D eigenvalue weighted by molar-refractivity contribution is 7.17. The molecular formula is C16H24N4OS. The summed E-state index contributed by atoms with van der Waals surface area (Å²) < 4.78 is 2.17. The maximum absolute atomic E-state index is 11.9. The van der Waals surface area contributed by atoms with Crippen LogP contribution < -0.4 is 10.6 Å². The monoisotopic (exact) mass is 320 g/mol. The second-order valence-electron chi connectivity index (χ2n) is 3.55. The molecule has 0 radical (unpaired) electrons. The summed E-state index contributed by atoms with van der Waals surface area (Å²) in [5.41, 5.74) is 7.15. The molecule has 0 amide bonds. The van der Waals surface area contributed by atoms with E-state index in [9.17, 15) is 4.79 Å². The molecule has 2 N–H and O–H groups in total. The van der Waals surface area contributed by atoms with Crippen molar-refractivity contribution in [3.05, 3.63) is 53.0 Å². The van der Waals surface area contributed by atoms with Crippen LogP contribution >= 0.6 is 11.3 Å². The highest BCUT2D eigenvalue weighted by atomic mass is 32.1. The fraction of sp³-hybridized carbons (Fsp3) is 0.312. The minimum absolute atomic E-state index is 0.117. The molecule has 0 saturated carbocycles. The highest BCUT2D eigenvalue weighted by Gasteiger charge is 2.11. The van der Waals surface area contributed by atoms with Gasteiger partial charge in [0, 0.05) is 0 Å². The molecule has 2 aromatic rings. The number of allylic oxidation sites excluding steroid dienone is 4. The zero-order valence-electron chi connectivity index (χ0n) is 13.7. The molecule has 120 valence electrons. The molecule has 22 heavy (non-hydrogen) atoms. The Labute approximate surface area is 135 Å². The van der Waals surface area contributed by atoms with E-state index in [0.717, 1.165) is 16.9 Å². The Balaban J connectivity index is 0.00000102. The van der Waals surface area contributed by atoms with Crippen LogP contribution in [-0.4, -0.2) is 14.5 Å². The van der Waals surface area contributed by atoms with Crippen LogP contribution in [0.3, 0.4) is 0 Å². The molecule has 2 heterocycles. The lowest BCUT2D eigenvalue weighted by Crippen LogP contribution is -2.14. The average Bonchev–Trinajstić information content (AvgIpc) is 2.88. The lowest BCUT2D eigenvalue weighted by Gasteiger charge is -2.03. The fourth-order valence-corrected chi connectivity index (χ4v) is 2.40. The van der Waals surface area contributed by atoms with Crippen LogP contribution in [0.15, 0.2) is 48.1 Å². The van der Waals surface area contributed by atoms with Crippen LogP contribution in [0.2, 0.25) is 0 Å². The van der Waals surface area contributed by atoms with E-state index >= 15 is 0 Å². The first-order valence-corrected chi connectivity index (χ1v) is 8.03. The Bertz CT molecular complexity index is 698. The van der Waals surface area contributed by atoms with E-state index in [-0.39, 0.29) is 4.87 Å². The van der Waals surface area contributed by atoms with Gasteiger partial charge in [-0.2, -0.15) is 0 Å². The number of hydrogen-bond donors (Lipinski definition) is 1. The zero-order valence-corrected chi connectivity index (χ0v) is 14.5. The van der Waals surface area contributed by atoms with Crippen molar-refractivity contribution < 1.29 is 0 Å². The summed E-state index contributed by atoms with van der Waals surface area (Å²) in [6.45, 7) is 15.7. The second-order valence-corrected chi connectivity index (χ2v) is 4.51. The third-order valence-electron chi connectivity index (χ3n) is 2.41. The molecule has 0 fully saturated rings.